The molecule has 0 spiro atoms. The zero-order valence-electron chi connectivity index (χ0n) is 33.3. The maximum absolute atomic E-state index is 13.8. The average Bonchev–Trinajstić information content (AvgIpc) is 3.74. The molecule has 0 radical (unpaired) electrons. The monoisotopic (exact) mass is 961 g/mol. The van der Waals surface area contributed by atoms with Gasteiger partial charge in [-0.15, -0.1) is 20.4 Å². The van der Waals surface area contributed by atoms with Crippen LogP contribution in [0.15, 0.2) is 110 Å². The molecule has 0 amide bonds. The summed E-state index contributed by atoms with van der Waals surface area (Å²) < 4.78 is 9.08. The predicted molar refractivity (Wildman–Crippen MR) is 245 cm³/mol. The zero-order chi connectivity index (χ0) is 42.0. The zero-order valence-corrected chi connectivity index (χ0v) is 37.2. The number of rotatable bonds is 6. The molecule has 6 heterocycles. The van der Waals surface area contributed by atoms with Crippen molar-refractivity contribution in [3.05, 3.63) is 143 Å². The van der Waals surface area contributed by atoms with Crippen LogP contribution in [0.5, 0.6) is 0 Å². The molecule has 61 heavy (non-hydrogen) atoms. The normalized spacial score (nSPS) is 15.7. The molecule has 2 aliphatic rings. The van der Waals surface area contributed by atoms with Gasteiger partial charge in [0.05, 0.1) is 40.0 Å². The van der Waals surface area contributed by atoms with Crippen molar-refractivity contribution in [2.75, 3.05) is 31.1 Å². The minimum absolute atomic E-state index is 0.0800. The van der Waals surface area contributed by atoms with E-state index in [-0.39, 0.29) is 17.3 Å². The van der Waals surface area contributed by atoms with Gasteiger partial charge in [-0.2, -0.15) is 5.26 Å². The Hall–Kier alpha value is -5.40. The number of aromatic nitrogens is 8. The lowest BCUT2D eigenvalue weighted by Crippen LogP contribution is -2.40. The summed E-state index contributed by atoms with van der Waals surface area (Å²) >= 11 is 13.0. The lowest BCUT2D eigenvalue weighted by molar-refractivity contribution is 0.177. The van der Waals surface area contributed by atoms with Crippen molar-refractivity contribution in [1.82, 2.24) is 43.2 Å². The van der Waals surface area contributed by atoms with E-state index in [0.717, 1.165) is 88.9 Å². The van der Waals surface area contributed by atoms with Crippen molar-refractivity contribution < 1.29 is 0 Å². The maximum Gasteiger partial charge on any atom is 0.264 e. The van der Waals surface area contributed by atoms with Crippen molar-refractivity contribution in [1.29, 1.82) is 5.26 Å². The third-order valence-corrected chi connectivity index (χ3v) is 12.9. The van der Waals surface area contributed by atoms with E-state index in [9.17, 15) is 14.9 Å². The second kappa shape index (κ2) is 17.9. The minimum atomic E-state index is -0.326. The third-order valence-electron chi connectivity index (χ3n) is 11.7. The molecule has 13 nitrogen and oxygen atoms in total. The molecule has 310 valence electrons. The Morgan fingerprint density at radius 3 is 1.97 bits per heavy atom. The number of nitriles is 1. The van der Waals surface area contributed by atoms with Crippen LogP contribution in [0.3, 0.4) is 0 Å². The highest BCUT2D eigenvalue weighted by Crippen LogP contribution is 2.29. The summed E-state index contributed by atoms with van der Waals surface area (Å²) in [4.78, 5) is 31.9. The quantitative estimate of drug-likeness (QED) is 0.160. The van der Waals surface area contributed by atoms with E-state index in [1.807, 2.05) is 93.7 Å². The summed E-state index contributed by atoms with van der Waals surface area (Å²) in [5.41, 5.74) is 3.97. The SMILES string of the molecule is N#Cc1ccc(C(N2CCCCCC2)n2c(=O)c3cc(Br)ccc3n3cnnc23)cc1.O=c1c2cc(Br)ccc2n2c(N3CCCCCC3)nnc2n1Cc1ccc(Cl)cc1. The van der Waals surface area contributed by atoms with Gasteiger partial charge in [-0.05, 0) is 97.5 Å². The molecular formula is C45H42Br2ClN11O2. The summed E-state index contributed by atoms with van der Waals surface area (Å²) in [6, 6.07) is 28.7. The van der Waals surface area contributed by atoms with Gasteiger partial charge in [0.15, 0.2) is 0 Å². The van der Waals surface area contributed by atoms with E-state index in [1.54, 1.807) is 15.5 Å². The van der Waals surface area contributed by atoms with Gasteiger partial charge in [-0.3, -0.25) is 28.0 Å². The molecule has 2 saturated heterocycles. The van der Waals surface area contributed by atoms with Crippen LogP contribution < -0.4 is 16.0 Å². The average molecular weight is 964 g/mol. The number of hydrogen-bond acceptors (Lipinski definition) is 9. The van der Waals surface area contributed by atoms with Gasteiger partial charge in [0, 0.05) is 40.1 Å². The number of halogens is 3. The van der Waals surface area contributed by atoms with Gasteiger partial charge >= 0.3 is 0 Å². The first-order valence-corrected chi connectivity index (χ1v) is 22.6. The van der Waals surface area contributed by atoms with Crippen molar-refractivity contribution in [2.45, 2.75) is 64.1 Å². The van der Waals surface area contributed by atoms with Gasteiger partial charge < -0.3 is 4.90 Å². The Kier molecular flexibility index (Phi) is 12.0. The molecule has 0 aliphatic carbocycles. The topological polar surface area (TPSA) is 135 Å². The van der Waals surface area contributed by atoms with E-state index >= 15 is 0 Å². The van der Waals surface area contributed by atoms with E-state index in [1.165, 1.54) is 25.7 Å². The predicted octanol–water partition coefficient (Wildman–Crippen LogP) is 8.99. The van der Waals surface area contributed by atoms with E-state index < -0.39 is 0 Å². The van der Waals surface area contributed by atoms with Crippen LogP contribution >= 0.6 is 43.5 Å². The standard InChI is InChI=1S/C23H21BrN6O.C22H21BrClN5O/c24-18-9-10-20-19(13-18)22(31)30(23-27-26-15-29(20)23)21(28-11-3-1-2-4-12-28)17-7-5-16(14-25)6-8-17;23-16-7-10-19-18(13-16)20(30)28(14-15-5-8-17(24)9-6-15)22-26-25-21(29(19)22)27-11-3-1-2-4-12-27/h5-10,13,15,21H,1-4,11-12H2;5-10,13H,1-4,11-12,14H2. The summed E-state index contributed by atoms with van der Waals surface area (Å²) in [6.07, 6.45) is 10.6. The van der Waals surface area contributed by atoms with Gasteiger partial charge in [0.25, 0.3) is 11.1 Å². The molecule has 2 fully saturated rings. The van der Waals surface area contributed by atoms with E-state index in [0.29, 0.717) is 39.5 Å². The number of hydrogen-bond donors (Lipinski definition) is 0. The number of benzene rings is 4. The fraction of sp³-hybridized carbons (Fsp3) is 0.311. The summed E-state index contributed by atoms with van der Waals surface area (Å²) in [5, 5.41) is 28.6. The van der Waals surface area contributed by atoms with E-state index in [4.69, 9.17) is 11.6 Å². The van der Waals surface area contributed by atoms with Crippen LogP contribution in [0.4, 0.5) is 5.95 Å². The Labute approximate surface area is 373 Å². The largest absolute Gasteiger partial charge is 0.341 e. The molecular weight excluding hydrogens is 922 g/mol. The minimum Gasteiger partial charge on any atom is -0.341 e. The highest BCUT2D eigenvalue weighted by molar-refractivity contribution is 9.10. The Balaban J connectivity index is 0.000000156. The van der Waals surface area contributed by atoms with Crippen LogP contribution in [0.2, 0.25) is 5.02 Å². The lowest BCUT2D eigenvalue weighted by atomic mass is 10.1. The van der Waals surface area contributed by atoms with Gasteiger partial charge in [0.1, 0.15) is 12.5 Å². The van der Waals surface area contributed by atoms with Crippen molar-refractivity contribution in [3.63, 3.8) is 0 Å². The first kappa shape index (κ1) is 41.0. The molecule has 0 bridgehead atoms. The Bertz CT molecular complexity index is 3030. The summed E-state index contributed by atoms with van der Waals surface area (Å²) in [5.74, 6) is 1.88. The Morgan fingerprint density at radius 1 is 0.689 bits per heavy atom. The lowest BCUT2D eigenvalue weighted by Gasteiger charge is -2.32. The molecule has 16 heteroatoms. The van der Waals surface area contributed by atoms with E-state index in [2.05, 4.69) is 68.1 Å². The van der Waals surface area contributed by atoms with Crippen LogP contribution in [-0.2, 0) is 6.54 Å². The molecule has 4 aromatic heterocycles. The molecule has 1 atom stereocenters. The van der Waals surface area contributed by atoms with Crippen molar-refractivity contribution in [3.8, 4) is 6.07 Å². The van der Waals surface area contributed by atoms with Gasteiger partial charge in [0.2, 0.25) is 17.5 Å². The molecule has 0 N–H and O–H groups in total. The maximum atomic E-state index is 13.8. The Morgan fingerprint density at radius 2 is 1.31 bits per heavy atom. The number of nitrogens with zero attached hydrogens (tertiary/aromatic N) is 11. The molecule has 2 aliphatic heterocycles. The van der Waals surface area contributed by atoms with Crippen LogP contribution in [0.1, 0.15) is 74.2 Å². The molecule has 1 unspecified atom stereocenters. The van der Waals surface area contributed by atoms with Crippen molar-refractivity contribution >= 4 is 82.8 Å². The molecule has 10 rings (SSSR count). The number of likely N-dealkylation sites (tertiary alicyclic amines) is 1. The summed E-state index contributed by atoms with van der Waals surface area (Å²) in [6.45, 7) is 4.10. The number of anilines is 1. The first-order chi connectivity index (χ1) is 29.8. The van der Waals surface area contributed by atoms with Crippen LogP contribution in [-0.4, -0.2) is 69.4 Å². The molecule has 4 aromatic carbocycles. The molecule has 0 saturated carbocycles. The fourth-order valence-electron chi connectivity index (χ4n) is 8.65. The second-order valence-electron chi connectivity index (χ2n) is 15.6. The van der Waals surface area contributed by atoms with Gasteiger partial charge in [-0.1, -0.05) is 93.4 Å². The first-order valence-electron chi connectivity index (χ1n) is 20.6. The second-order valence-corrected chi connectivity index (χ2v) is 17.9. The van der Waals surface area contributed by atoms with Crippen molar-refractivity contribution in [2.24, 2.45) is 0 Å². The number of fused-ring (bicyclic) bond motifs is 6. The van der Waals surface area contributed by atoms with Gasteiger partial charge in [-0.25, -0.2) is 4.40 Å². The highest BCUT2D eigenvalue weighted by Gasteiger charge is 2.28. The highest BCUT2D eigenvalue weighted by atomic mass is 79.9. The third kappa shape index (κ3) is 8.22. The smallest absolute Gasteiger partial charge is 0.264 e. The van der Waals surface area contributed by atoms with Crippen LogP contribution in [0, 0.1) is 11.3 Å². The molecule has 8 aromatic rings. The fourth-order valence-corrected chi connectivity index (χ4v) is 9.49. The van der Waals surface area contributed by atoms with Crippen LogP contribution in [0.25, 0.3) is 33.4 Å². The summed E-state index contributed by atoms with van der Waals surface area (Å²) in [7, 11) is 0.